The summed E-state index contributed by atoms with van der Waals surface area (Å²) in [6.45, 7) is 5.58. The van der Waals surface area contributed by atoms with E-state index in [1.165, 1.54) is 6.42 Å². The van der Waals surface area contributed by atoms with Crippen LogP contribution in [0.15, 0.2) is 11.8 Å². The van der Waals surface area contributed by atoms with E-state index in [-0.39, 0.29) is 57.3 Å². The molecule has 1 saturated carbocycles. The van der Waals surface area contributed by atoms with Gasteiger partial charge in [-0.3, -0.25) is 5.92 Å². The molecule has 0 saturated heterocycles. The zero-order valence-electron chi connectivity index (χ0n) is 9.23. The maximum atomic E-state index is 11.5. The standard InChI is InChI=1S/C11H17NO.K/c1-3-9(2)12-11(13)10-7-5-4-6-8-10;/h3H,2,4-8H2,1H3,(H,12,13);/q-2;+1/b9-3+;. The van der Waals surface area contributed by atoms with Crippen molar-refractivity contribution >= 4 is 5.91 Å². The van der Waals surface area contributed by atoms with Crippen molar-refractivity contribution < 1.29 is 56.2 Å². The van der Waals surface area contributed by atoms with Crippen LogP contribution in [0.5, 0.6) is 0 Å². The normalized spacial score (nSPS) is 17.2. The van der Waals surface area contributed by atoms with Gasteiger partial charge in [-0.1, -0.05) is 19.3 Å². The molecule has 0 heterocycles. The Labute approximate surface area is 129 Å². The zero-order valence-corrected chi connectivity index (χ0v) is 12.4. The second-order valence-electron chi connectivity index (χ2n) is 3.43. The molecule has 0 aromatic heterocycles. The van der Waals surface area contributed by atoms with Crippen LogP contribution in [0.25, 0.3) is 0 Å². The fourth-order valence-electron chi connectivity index (χ4n) is 1.51. The summed E-state index contributed by atoms with van der Waals surface area (Å²) in [5.41, 5.74) is 0.697. The zero-order chi connectivity index (χ0) is 9.68. The molecule has 0 spiro atoms. The Bertz CT molecular complexity index is 207. The minimum absolute atomic E-state index is 0. The third-order valence-electron chi connectivity index (χ3n) is 2.40. The monoisotopic (exact) mass is 218 g/mol. The van der Waals surface area contributed by atoms with Gasteiger partial charge in [0.05, 0.1) is 5.91 Å². The Balaban J connectivity index is 0.00000169. The largest absolute Gasteiger partial charge is 1.00 e. The maximum absolute atomic E-state index is 11.5. The average Bonchev–Trinajstić information content (AvgIpc) is 2.19. The third kappa shape index (κ3) is 4.89. The van der Waals surface area contributed by atoms with E-state index >= 15 is 0 Å². The van der Waals surface area contributed by atoms with E-state index in [4.69, 9.17) is 0 Å². The SMILES string of the molecule is [CH2-]/C(=C\C)NC(=O)[C-]1CCCCC1.[K+]. The van der Waals surface area contributed by atoms with Crippen molar-refractivity contribution in [3.8, 4) is 0 Å². The minimum Gasteiger partial charge on any atom is -0.386 e. The summed E-state index contributed by atoms with van der Waals surface area (Å²) in [7, 11) is 0. The van der Waals surface area contributed by atoms with Crippen molar-refractivity contribution in [2.75, 3.05) is 0 Å². The quantitative estimate of drug-likeness (QED) is 0.486. The number of hydrogen-bond donors (Lipinski definition) is 1. The number of allylic oxidation sites excluding steroid dienone is 2. The molecule has 2 nitrogen and oxygen atoms in total. The molecule has 74 valence electrons. The van der Waals surface area contributed by atoms with Crippen LogP contribution in [-0.2, 0) is 4.79 Å². The molecule has 14 heavy (non-hydrogen) atoms. The first-order chi connectivity index (χ1) is 6.24. The molecule has 1 N–H and O–H groups in total. The number of carbonyl (C=O) groups is 1. The van der Waals surface area contributed by atoms with Crippen molar-refractivity contribution in [3.63, 3.8) is 0 Å². The number of amides is 1. The first kappa shape index (κ1) is 14.6. The number of carbonyl (C=O) groups excluding carboxylic acids is 1. The molecule has 0 bridgehead atoms. The summed E-state index contributed by atoms with van der Waals surface area (Å²) in [6, 6.07) is 0. The second kappa shape index (κ2) is 7.82. The Morgan fingerprint density at radius 3 is 2.43 bits per heavy atom. The van der Waals surface area contributed by atoms with Gasteiger partial charge < -0.3 is 10.1 Å². The van der Waals surface area contributed by atoms with Crippen LogP contribution in [0, 0.1) is 12.8 Å². The predicted octanol–water partition coefficient (Wildman–Crippen LogP) is -0.617. The Morgan fingerprint density at radius 1 is 1.36 bits per heavy atom. The van der Waals surface area contributed by atoms with Crippen molar-refractivity contribution in [3.05, 3.63) is 24.6 Å². The Kier molecular flexibility index (Phi) is 8.15. The molecule has 3 heteroatoms. The summed E-state index contributed by atoms with van der Waals surface area (Å²) in [6.07, 6.45) is 7.31. The number of nitrogens with one attached hydrogen (secondary N) is 1. The minimum atomic E-state index is 0. The van der Waals surface area contributed by atoms with Gasteiger partial charge in [0.1, 0.15) is 0 Å². The Morgan fingerprint density at radius 2 is 1.93 bits per heavy atom. The van der Waals surface area contributed by atoms with E-state index < -0.39 is 0 Å². The molecule has 0 aromatic rings. The van der Waals surface area contributed by atoms with Gasteiger partial charge in [-0.25, -0.2) is 13.0 Å². The second-order valence-corrected chi connectivity index (χ2v) is 3.43. The van der Waals surface area contributed by atoms with Crippen LogP contribution in [0.3, 0.4) is 0 Å². The van der Waals surface area contributed by atoms with Crippen LogP contribution >= 0.6 is 0 Å². The van der Waals surface area contributed by atoms with Gasteiger partial charge in [0.15, 0.2) is 0 Å². The first-order valence-corrected chi connectivity index (χ1v) is 4.88. The summed E-state index contributed by atoms with van der Waals surface area (Å²) in [4.78, 5) is 11.5. The molecule has 0 unspecified atom stereocenters. The van der Waals surface area contributed by atoms with E-state index in [1.807, 2.05) is 6.92 Å². The molecule has 1 amide bonds. The van der Waals surface area contributed by atoms with E-state index in [0.717, 1.165) is 31.6 Å². The van der Waals surface area contributed by atoms with E-state index in [9.17, 15) is 4.79 Å². The van der Waals surface area contributed by atoms with Gasteiger partial charge in [-0.15, -0.1) is 12.6 Å². The van der Waals surface area contributed by atoms with Crippen LogP contribution in [0.4, 0.5) is 0 Å². The van der Waals surface area contributed by atoms with Crippen molar-refractivity contribution in [1.29, 1.82) is 0 Å². The molecule has 0 aromatic carbocycles. The molecule has 1 aliphatic rings. The van der Waals surface area contributed by atoms with E-state index in [2.05, 4.69) is 12.2 Å². The number of hydrogen-bond acceptors (Lipinski definition) is 1. The van der Waals surface area contributed by atoms with Crippen molar-refractivity contribution in [2.24, 2.45) is 0 Å². The molecule has 0 aliphatic heterocycles. The molecular formula is C11H17KNO-. The smallest absolute Gasteiger partial charge is 0.386 e. The van der Waals surface area contributed by atoms with Crippen LogP contribution in [0.2, 0.25) is 0 Å². The molecular weight excluding hydrogens is 201 g/mol. The summed E-state index contributed by atoms with van der Waals surface area (Å²) in [5, 5.41) is 2.77. The van der Waals surface area contributed by atoms with Gasteiger partial charge in [0.2, 0.25) is 0 Å². The average molecular weight is 218 g/mol. The summed E-state index contributed by atoms with van der Waals surface area (Å²) in [5.74, 6) is 1.11. The predicted molar refractivity (Wildman–Crippen MR) is 53.6 cm³/mol. The summed E-state index contributed by atoms with van der Waals surface area (Å²) >= 11 is 0. The van der Waals surface area contributed by atoms with Crippen molar-refractivity contribution in [2.45, 2.75) is 39.0 Å². The van der Waals surface area contributed by atoms with E-state index in [1.54, 1.807) is 6.08 Å². The molecule has 0 radical (unpaired) electrons. The fourth-order valence-corrected chi connectivity index (χ4v) is 1.51. The van der Waals surface area contributed by atoms with Gasteiger partial charge in [0, 0.05) is 0 Å². The molecule has 1 rings (SSSR count). The fraction of sp³-hybridized carbons (Fsp3) is 0.545. The van der Waals surface area contributed by atoms with E-state index in [0.29, 0.717) is 5.70 Å². The Hall–Kier alpha value is 0.586. The van der Waals surface area contributed by atoms with Crippen LogP contribution < -0.4 is 56.7 Å². The third-order valence-corrected chi connectivity index (χ3v) is 2.40. The maximum Gasteiger partial charge on any atom is 1.00 e. The van der Waals surface area contributed by atoms with Crippen LogP contribution in [0.1, 0.15) is 39.0 Å². The van der Waals surface area contributed by atoms with Gasteiger partial charge in [-0.2, -0.15) is 12.8 Å². The first-order valence-electron chi connectivity index (χ1n) is 4.88. The molecule has 1 aliphatic carbocycles. The number of rotatable bonds is 2. The summed E-state index contributed by atoms with van der Waals surface area (Å²) < 4.78 is 0. The van der Waals surface area contributed by atoms with Crippen LogP contribution in [-0.4, -0.2) is 5.91 Å². The van der Waals surface area contributed by atoms with Gasteiger partial charge >= 0.3 is 51.4 Å². The van der Waals surface area contributed by atoms with Gasteiger partial charge in [-0.05, 0) is 0 Å². The topological polar surface area (TPSA) is 29.1 Å². The van der Waals surface area contributed by atoms with Crippen molar-refractivity contribution in [1.82, 2.24) is 5.32 Å². The molecule has 0 atom stereocenters. The van der Waals surface area contributed by atoms with Gasteiger partial charge in [0.25, 0.3) is 0 Å². The molecule has 1 fully saturated rings.